The maximum atomic E-state index is 13.9. The smallest absolute Gasteiger partial charge is 0.339 e. The van der Waals surface area contributed by atoms with E-state index in [0.717, 1.165) is 24.0 Å². The second-order valence-electron chi connectivity index (χ2n) is 8.41. The first kappa shape index (κ1) is 19.0. The van der Waals surface area contributed by atoms with Crippen LogP contribution in [0.2, 0.25) is 0 Å². The Morgan fingerprint density at radius 2 is 2.03 bits per heavy atom. The molecule has 2 saturated heterocycles. The van der Waals surface area contributed by atoms with Crippen LogP contribution in [0.5, 0.6) is 5.75 Å². The number of carbonyl (C=O) groups excluding carboxylic acids is 1. The lowest BCUT2D eigenvalue weighted by atomic mass is 9.49. The van der Waals surface area contributed by atoms with E-state index in [0.29, 0.717) is 17.9 Å². The van der Waals surface area contributed by atoms with Gasteiger partial charge in [-0.2, -0.15) is 0 Å². The SMILES string of the molecule is CCC[C@H]1c2c(OC)cc(=O)oc2C[C@H]2[C@H](C)O[C@@H](OC)C3=C[C@H]4O[C@H]4C(=O)[C@]312. The van der Waals surface area contributed by atoms with E-state index in [-0.39, 0.29) is 29.8 Å². The van der Waals surface area contributed by atoms with Crippen molar-refractivity contribution in [3.63, 3.8) is 0 Å². The first-order valence-electron chi connectivity index (χ1n) is 10.3. The van der Waals surface area contributed by atoms with E-state index in [9.17, 15) is 9.59 Å². The number of ketones is 1. The third kappa shape index (κ3) is 2.41. The second kappa shape index (κ2) is 6.52. The quantitative estimate of drug-likeness (QED) is 0.564. The zero-order chi connectivity index (χ0) is 20.5. The lowest BCUT2D eigenvalue weighted by Crippen LogP contribution is -2.61. The normalized spacial score (nSPS) is 39.6. The molecule has 2 fully saturated rings. The number of ether oxygens (including phenoxy) is 4. The Morgan fingerprint density at radius 1 is 1.24 bits per heavy atom. The van der Waals surface area contributed by atoms with Crippen molar-refractivity contribution < 1.29 is 28.2 Å². The molecule has 3 heterocycles. The topological polar surface area (TPSA) is 87.5 Å². The number of carbonyl (C=O) groups is 1. The summed E-state index contributed by atoms with van der Waals surface area (Å²) in [6.45, 7) is 4.06. The zero-order valence-corrected chi connectivity index (χ0v) is 17.1. The van der Waals surface area contributed by atoms with Gasteiger partial charge in [-0.05, 0) is 25.0 Å². The number of rotatable bonds is 4. The summed E-state index contributed by atoms with van der Waals surface area (Å²) in [4.78, 5) is 26.0. The van der Waals surface area contributed by atoms with Crippen molar-refractivity contribution in [3.05, 3.63) is 39.5 Å². The summed E-state index contributed by atoms with van der Waals surface area (Å²) in [5, 5.41) is 0. The van der Waals surface area contributed by atoms with Crippen LogP contribution in [-0.4, -0.2) is 44.6 Å². The van der Waals surface area contributed by atoms with Crippen LogP contribution < -0.4 is 10.4 Å². The highest BCUT2D eigenvalue weighted by molar-refractivity contribution is 5.98. The van der Waals surface area contributed by atoms with Crippen molar-refractivity contribution in [2.24, 2.45) is 11.3 Å². The van der Waals surface area contributed by atoms with Crippen molar-refractivity contribution in [2.45, 2.75) is 63.6 Å². The number of methoxy groups -OCH3 is 2. The minimum atomic E-state index is -0.813. The zero-order valence-electron chi connectivity index (χ0n) is 17.1. The summed E-state index contributed by atoms with van der Waals surface area (Å²) < 4.78 is 28.8. The standard InChI is InChI=1S/C22H26O7/c1-5-6-11-18-14(25-3)9-17(23)28-15(18)7-12-10(2)27-21(26-4)13-8-16-19(29-16)20(24)22(11,12)13/h8-12,16,19,21H,5-7H2,1-4H3/t10-,11-,12-,16+,19+,21+,22+/m0/s1. The fraction of sp³-hybridized carbons (Fsp3) is 0.636. The van der Waals surface area contributed by atoms with Crippen molar-refractivity contribution in [2.75, 3.05) is 14.2 Å². The average Bonchev–Trinajstić information content (AvgIpc) is 3.48. The highest BCUT2D eigenvalue weighted by Crippen LogP contribution is 2.65. The first-order valence-corrected chi connectivity index (χ1v) is 10.3. The third-order valence-corrected chi connectivity index (χ3v) is 7.11. The molecule has 0 unspecified atom stereocenters. The fourth-order valence-electron chi connectivity index (χ4n) is 6.00. The van der Waals surface area contributed by atoms with Crippen molar-refractivity contribution in [3.8, 4) is 5.75 Å². The van der Waals surface area contributed by atoms with E-state index in [2.05, 4.69) is 6.92 Å². The maximum absolute atomic E-state index is 13.9. The van der Waals surface area contributed by atoms with Gasteiger partial charge in [0.05, 0.1) is 24.7 Å². The van der Waals surface area contributed by atoms with E-state index in [4.69, 9.17) is 23.4 Å². The van der Waals surface area contributed by atoms with Crippen LogP contribution in [0.25, 0.3) is 0 Å². The van der Waals surface area contributed by atoms with Crippen LogP contribution in [0, 0.1) is 11.3 Å². The molecule has 0 radical (unpaired) electrons. The molecule has 29 heavy (non-hydrogen) atoms. The molecule has 1 aromatic heterocycles. The molecule has 1 spiro atoms. The number of hydrogen-bond acceptors (Lipinski definition) is 7. The van der Waals surface area contributed by atoms with Crippen LogP contribution in [0.1, 0.15) is 43.9 Å². The molecule has 0 saturated carbocycles. The van der Waals surface area contributed by atoms with E-state index in [1.165, 1.54) is 6.07 Å². The molecule has 1 aromatic rings. The Balaban J connectivity index is 1.81. The maximum Gasteiger partial charge on any atom is 0.339 e. The molecule has 0 N–H and O–H groups in total. The number of Topliss-reactive ketones (excluding diaryl/α,β-unsaturated/α-hetero) is 1. The summed E-state index contributed by atoms with van der Waals surface area (Å²) in [5.41, 5.74) is 0.422. The Morgan fingerprint density at radius 3 is 2.72 bits per heavy atom. The van der Waals surface area contributed by atoms with Crippen molar-refractivity contribution in [1.82, 2.24) is 0 Å². The van der Waals surface area contributed by atoms with Crippen LogP contribution in [0.4, 0.5) is 0 Å². The van der Waals surface area contributed by atoms with Crippen molar-refractivity contribution in [1.29, 1.82) is 0 Å². The Bertz CT molecular complexity index is 947. The van der Waals surface area contributed by atoms with Gasteiger partial charge in [0.1, 0.15) is 23.7 Å². The highest BCUT2D eigenvalue weighted by Gasteiger charge is 2.70. The molecule has 2 aliphatic carbocycles. The van der Waals surface area contributed by atoms with Crippen LogP contribution in [-0.2, 0) is 25.4 Å². The van der Waals surface area contributed by atoms with Crippen LogP contribution in [0.15, 0.2) is 26.9 Å². The minimum absolute atomic E-state index is 0.0968. The largest absolute Gasteiger partial charge is 0.496 e. The van der Waals surface area contributed by atoms with Gasteiger partial charge in [-0.1, -0.05) is 13.3 Å². The molecule has 156 valence electrons. The Hall–Kier alpha value is -1.96. The van der Waals surface area contributed by atoms with E-state index in [1.807, 2.05) is 13.0 Å². The summed E-state index contributed by atoms with van der Waals surface area (Å²) in [7, 11) is 3.15. The third-order valence-electron chi connectivity index (χ3n) is 7.11. The fourth-order valence-corrected chi connectivity index (χ4v) is 6.00. The van der Waals surface area contributed by atoms with Gasteiger partial charge in [-0.25, -0.2) is 4.79 Å². The number of fused-ring (bicyclic) bond motifs is 2. The van der Waals surface area contributed by atoms with Gasteiger partial charge >= 0.3 is 5.63 Å². The van der Waals surface area contributed by atoms with Gasteiger partial charge in [0, 0.05) is 30.9 Å². The molecule has 0 amide bonds. The van der Waals surface area contributed by atoms with Crippen LogP contribution >= 0.6 is 0 Å². The Kier molecular flexibility index (Phi) is 4.28. The summed E-state index contributed by atoms with van der Waals surface area (Å²) in [6, 6.07) is 1.38. The predicted molar refractivity (Wildman–Crippen MR) is 102 cm³/mol. The monoisotopic (exact) mass is 402 g/mol. The second-order valence-corrected chi connectivity index (χ2v) is 8.41. The highest BCUT2D eigenvalue weighted by atomic mass is 16.7. The molecular formula is C22H26O7. The molecule has 7 atom stereocenters. The van der Waals surface area contributed by atoms with Gasteiger partial charge in [-0.15, -0.1) is 0 Å². The average molecular weight is 402 g/mol. The van der Waals surface area contributed by atoms with Crippen molar-refractivity contribution >= 4 is 5.78 Å². The van der Waals surface area contributed by atoms with Gasteiger partial charge < -0.3 is 23.4 Å². The molecule has 2 aliphatic heterocycles. The molecule has 7 heteroatoms. The van der Waals surface area contributed by atoms with Crippen LogP contribution in [0.3, 0.4) is 0 Å². The lowest BCUT2D eigenvalue weighted by Gasteiger charge is -2.56. The molecule has 4 aliphatic rings. The van der Waals surface area contributed by atoms with E-state index < -0.39 is 23.4 Å². The summed E-state index contributed by atoms with van der Waals surface area (Å²) in [5.74, 6) is 0.812. The van der Waals surface area contributed by atoms with Gasteiger partial charge in [0.25, 0.3) is 0 Å². The summed E-state index contributed by atoms with van der Waals surface area (Å²) >= 11 is 0. The lowest BCUT2D eigenvalue weighted by molar-refractivity contribution is -0.203. The molecule has 7 nitrogen and oxygen atoms in total. The molecule has 0 aromatic carbocycles. The van der Waals surface area contributed by atoms with Gasteiger partial charge in [-0.3, -0.25) is 4.79 Å². The molecule has 0 bridgehead atoms. The van der Waals surface area contributed by atoms with Gasteiger partial charge in [0.15, 0.2) is 12.1 Å². The summed E-state index contributed by atoms with van der Waals surface area (Å²) in [6.07, 6.45) is 2.61. The van der Waals surface area contributed by atoms with E-state index >= 15 is 0 Å². The predicted octanol–water partition coefficient (Wildman–Crippen LogP) is 2.36. The number of epoxide rings is 1. The van der Waals surface area contributed by atoms with E-state index in [1.54, 1.807) is 14.2 Å². The molecular weight excluding hydrogens is 376 g/mol. The first-order chi connectivity index (χ1) is 14.0. The molecule has 5 rings (SSSR count). The Labute approximate surface area is 169 Å². The van der Waals surface area contributed by atoms with Gasteiger partial charge in [0.2, 0.25) is 0 Å². The number of hydrogen-bond donors (Lipinski definition) is 0. The minimum Gasteiger partial charge on any atom is -0.496 e.